The Bertz CT molecular complexity index is 858. The number of sulfonamides is 1. The number of ether oxygens (including phenoxy) is 2. The third-order valence-electron chi connectivity index (χ3n) is 3.79. The number of carbonyl (C=O) groups excluding carboxylic acids is 1. The molecule has 1 aliphatic heterocycles. The summed E-state index contributed by atoms with van der Waals surface area (Å²) in [5.74, 6) is 0.133. The van der Waals surface area contributed by atoms with Crippen molar-refractivity contribution in [1.29, 1.82) is 0 Å². The van der Waals surface area contributed by atoms with Crippen LogP contribution in [0, 0.1) is 0 Å². The van der Waals surface area contributed by atoms with Crippen molar-refractivity contribution >= 4 is 15.9 Å². The summed E-state index contributed by atoms with van der Waals surface area (Å²) in [6, 6.07) is 9.21. The number of benzene rings is 1. The van der Waals surface area contributed by atoms with Gasteiger partial charge in [-0.05, 0) is 36.8 Å². The van der Waals surface area contributed by atoms with E-state index in [9.17, 15) is 13.2 Å². The summed E-state index contributed by atoms with van der Waals surface area (Å²) in [4.78, 5) is 10.9. The zero-order valence-electron chi connectivity index (χ0n) is 13.8. The van der Waals surface area contributed by atoms with Crippen LogP contribution < -0.4 is 15.2 Å². The Balaban J connectivity index is 1.64. The molecule has 0 spiro atoms. The zero-order valence-corrected chi connectivity index (χ0v) is 14.6. The molecule has 1 aromatic heterocycles. The van der Waals surface area contributed by atoms with Crippen LogP contribution in [0.2, 0.25) is 0 Å². The molecule has 1 unspecified atom stereocenters. The van der Waals surface area contributed by atoms with Gasteiger partial charge in [-0.3, -0.25) is 4.79 Å². The lowest BCUT2D eigenvalue weighted by molar-refractivity contribution is -0.119. The minimum absolute atomic E-state index is 0.143. The minimum atomic E-state index is -3.64. The number of carbonyl (C=O) groups is 1. The summed E-state index contributed by atoms with van der Waals surface area (Å²) in [5.41, 5.74) is 5.00. The lowest BCUT2D eigenvalue weighted by Gasteiger charge is -2.17. The van der Waals surface area contributed by atoms with E-state index in [1.807, 2.05) is 0 Å². The molecule has 1 saturated heterocycles. The summed E-state index contributed by atoms with van der Waals surface area (Å²) in [6.07, 6.45) is 1.82. The summed E-state index contributed by atoms with van der Waals surface area (Å²) in [7, 11) is -3.64. The summed E-state index contributed by atoms with van der Waals surface area (Å²) in [5, 5.41) is 7.57. The van der Waals surface area contributed by atoms with Gasteiger partial charge in [0.15, 0.2) is 6.61 Å². The number of aromatic nitrogens is 2. The first-order chi connectivity index (χ1) is 12.4. The molecule has 1 fully saturated rings. The van der Waals surface area contributed by atoms with Crippen LogP contribution in [0.1, 0.15) is 6.42 Å². The quantitative estimate of drug-likeness (QED) is 0.729. The van der Waals surface area contributed by atoms with E-state index in [0.717, 1.165) is 0 Å². The fraction of sp³-hybridized carbons (Fsp3) is 0.312. The van der Waals surface area contributed by atoms with Gasteiger partial charge in [0.1, 0.15) is 11.9 Å². The fourth-order valence-corrected chi connectivity index (χ4v) is 4.03. The summed E-state index contributed by atoms with van der Waals surface area (Å²) in [6.45, 7) is 0.325. The van der Waals surface area contributed by atoms with Gasteiger partial charge in [0.05, 0.1) is 11.4 Å². The predicted octanol–water partition coefficient (Wildman–Crippen LogP) is 0.183. The smallest absolute Gasteiger partial charge is 0.255 e. The molecule has 2 aromatic rings. The van der Waals surface area contributed by atoms with Gasteiger partial charge in [-0.15, -0.1) is 5.10 Å². The van der Waals surface area contributed by atoms with Crippen molar-refractivity contribution in [2.75, 3.05) is 19.7 Å². The van der Waals surface area contributed by atoms with Crippen molar-refractivity contribution in [2.45, 2.75) is 17.4 Å². The van der Waals surface area contributed by atoms with Crippen LogP contribution >= 0.6 is 0 Å². The molecule has 138 valence electrons. The Labute approximate surface area is 150 Å². The summed E-state index contributed by atoms with van der Waals surface area (Å²) >= 11 is 0. The lowest BCUT2D eigenvalue weighted by Crippen LogP contribution is -2.31. The molecule has 0 aliphatic carbocycles. The van der Waals surface area contributed by atoms with Crippen molar-refractivity contribution in [2.24, 2.45) is 5.73 Å². The van der Waals surface area contributed by atoms with Crippen molar-refractivity contribution in [3.05, 3.63) is 42.6 Å². The zero-order chi connectivity index (χ0) is 18.6. The van der Waals surface area contributed by atoms with Gasteiger partial charge in [-0.1, -0.05) is 0 Å². The number of nitrogens with two attached hydrogens (primary N) is 1. The van der Waals surface area contributed by atoms with E-state index >= 15 is 0 Å². The number of hydrogen-bond acceptors (Lipinski definition) is 7. The van der Waals surface area contributed by atoms with Crippen LogP contribution in [0.25, 0.3) is 0 Å². The predicted molar refractivity (Wildman–Crippen MR) is 91.0 cm³/mol. The Morgan fingerprint density at radius 3 is 2.69 bits per heavy atom. The molecule has 10 heteroatoms. The first-order valence-electron chi connectivity index (χ1n) is 7.91. The molecule has 0 saturated carbocycles. The molecule has 2 heterocycles. The van der Waals surface area contributed by atoms with E-state index in [0.29, 0.717) is 24.6 Å². The number of nitrogens with zero attached hydrogens (tertiary/aromatic N) is 3. The highest BCUT2D eigenvalue weighted by molar-refractivity contribution is 7.89. The van der Waals surface area contributed by atoms with E-state index in [1.165, 1.54) is 34.8 Å². The third-order valence-corrected chi connectivity index (χ3v) is 5.66. The first-order valence-corrected chi connectivity index (χ1v) is 9.35. The fourth-order valence-electron chi connectivity index (χ4n) is 2.54. The van der Waals surface area contributed by atoms with Crippen molar-refractivity contribution in [3.63, 3.8) is 0 Å². The van der Waals surface area contributed by atoms with E-state index in [-0.39, 0.29) is 24.2 Å². The highest BCUT2D eigenvalue weighted by Crippen LogP contribution is 2.24. The highest BCUT2D eigenvalue weighted by atomic mass is 32.2. The average molecular weight is 378 g/mol. The maximum atomic E-state index is 12.7. The van der Waals surface area contributed by atoms with Crippen molar-refractivity contribution < 1.29 is 22.7 Å². The van der Waals surface area contributed by atoms with E-state index < -0.39 is 15.9 Å². The van der Waals surface area contributed by atoms with Gasteiger partial charge in [-0.25, -0.2) is 8.42 Å². The Morgan fingerprint density at radius 1 is 1.27 bits per heavy atom. The van der Waals surface area contributed by atoms with E-state index in [1.54, 1.807) is 12.1 Å². The Hall–Kier alpha value is -2.72. The molecule has 1 amide bonds. The maximum absolute atomic E-state index is 12.7. The molecule has 2 N–H and O–H groups in total. The van der Waals surface area contributed by atoms with Crippen LogP contribution in [-0.4, -0.2) is 54.6 Å². The molecule has 3 rings (SSSR count). The van der Waals surface area contributed by atoms with Crippen LogP contribution in [0.15, 0.2) is 47.5 Å². The van der Waals surface area contributed by atoms with Gasteiger partial charge in [-0.2, -0.15) is 9.40 Å². The van der Waals surface area contributed by atoms with Crippen LogP contribution in [0.5, 0.6) is 11.6 Å². The standard InChI is InChI=1S/C16H18N4O5S/c17-15(21)11-24-12-3-5-14(6-4-12)26(22,23)20-9-7-13(10-20)25-16-2-1-8-18-19-16/h1-6,8,13H,7,9-11H2,(H2,17,21). The van der Waals surface area contributed by atoms with Crippen LogP contribution in [0.3, 0.4) is 0 Å². The molecule has 0 radical (unpaired) electrons. The van der Waals surface area contributed by atoms with Crippen molar-refractivity contribution in [3.8, 4) is 11.6 Å². The van der Waals surface area contributed by atoms with Gasteiger partial charge in [0.2, 0.25) is 15.9 Å². The van der Waals surface area contributed by atoms with E-state index in [2.05, 4.69) is 10.2 Å². The lowest BCUT2D eigenvalue weighted by atomic mass is 10.3. The number of rotatable bonds is 7. The largest absolute Gasteiger partial charge is 0.484 e. The van der Waals surface area contributed by atoms with Gasteiger partial charge in [0, 0.05) is 18.8 Å². The second-order valence-electron chi connectivity index (χ2n) is 5.68. The minimum Gasteiger partial charge on any atom is -0.484 e. The molecule has 1 aromatic carbocycles. The van der Waals surface area contributed by atoms with Crippen LogP contribution in [0.4, 0.5) is 0 Å². The average Bonchev–Trinajstić information content (AvgIpc) is 3.10. The molecule has 1 atom stereocenters. The maximum Gasteiger partial charge on any atom is 0.255 e. The second-order valence-corrected chi connectivity index (χ2v) is 7.62. The number of amides is 1. The number of hydrogen-bond donors (Lipinski definition) is 1. The second kappa shape index (κ2) is 7.67. The first kappa shape index (κ1) is 18.1. The Morgan fingerprint density at radius 2 is 2.04 bits per heavy atom. The normalized spacial score (nSPS) is 17.8. The van der Waals surface area contributed by atoms with Crippen molar-refractivity contribution in [1.82, 2.24) is 14.5 Å². The molecule has 1 aliphatic rings. The van der Waals surface area contributed by atoms with Crippen LogP contribution in [-0.2, 0) is 14.8 Å². The monoisotopic (exact) mass is 378 g/mol. The molecule has 9 nitrogen and oxygen atoms in total. The topological polar surface area (TPSA) is 125 Å². The molecular formula is C16H18N4O5S. The van der Waals surface area contributed by atoms with E-state index in [4.69, 9.17) is 15.2 Å². The Kier molecular flexibility index (Phi) is 5.33. The summed E-state index contributed by atoms with van der Waals surface area (Å²) < 4.78 is 37.6. The molecular weight excluding hydrogens is 360 g/mol. The SMILES string of the molecule is NC(=O)COc1ccc(S(=O)(=O)N2CCC(Oc3cccnn3)C2)cc1. The highest BCUT2D eigenvalue weighted by Gasteiger charge is 2.33. The van der Waals surface area contributed by atoms with Gasteiger partial charge in [0.25, 0.3) is 5.91 Å². The number of primary amides is 1. The third kappa shape index (κ3) is 4.27. The van der Waals surface area contributed by atoms with Gasteiger partial charge < -0.3 is 15.2 Å². The molecule has 26 heavy (non-hydrogen) atoms. The van der Waals surface area contributed by atoms with Gasteiger partial charge >= 0.3 is 0 Å². The molecule has 0 bridgehead atoms.